The van der Waals surface area contributed by atoms with Gasteiger partial charge in [-0.2, -0.15) is 0 Å². The Kier molecular flexibility index (Phi) is 3.92. The van der Waals surface area contributed by atoms with E-state index in [2.05, 4.69) is 0 Å². The maximum Gasteiger partial charge on any atom is 0.308 e. The Hall–Kier alpha value is -2.11. The number of rotatable bonds is 4. The molecular formula is C14H16FNO4. The average molecular weight is 281 g/mol. The van der Waals surface area contributed by atoms with Crippen LogP contribution in [0.25, 0.3) is 0 Å². The predicted molar refractivity (Wildman–Crippen MR) is 68.8 cm³/mol. The van der Waals surface area contributed by atoms with Gasteiger partial charge in [-0.25, -0.2) is 4.39 Å². The summed E-state index contributed by atoms with van der Waals surface area (Å²) in [6, 6.07) is 4.11. The molecular weight excluding hydrogens is 265 g/mol. The number of carboxylic acids is 1. The van der Waals surface area contributed by atoms with Crippen LogP contribution in [0.15, 0.2) is 18.2 Å². The van der Waals surface area contributed by atoms with Crippen LogP contribution < -0.4 is 4.74 Å². The van der Waals surface area contributed by atoms with Gasteiger partial charge in [0.15, 0.2) is 11.6 Å². The number of likely N-dealkylation sites (tertiary alicyclic amines) is 1. The molecule has 20 heavy (non-hydrogen) atoms. The summed E-state index contributed by atoms with van der Waals surface area (Å²) in [7, 11) is 1.38. The van der Waals surface area contributed by atoms with Gasteiger partial charge in [0.2, 0.25) is 5.91 Å². The van der Waals surface area contributed by atoms with Gasteiger partial charge < -0.3 is 14.7 Å². The number of hydrogen-bond donors (Lipinski definition) is 1. The molecule has 0 aromatic heterocycles. The smallest absolute Gasteiger partial charge is 0.308 e. The molecule has 5 nitrogen and oxygen atoms in total. The van der Waals surface area contributed by atoms with Crippen LogP contribution in [0.2, 0.25) is 0 Å². The van der Waals surface area contributed by atoms with Crippen LogP contribution in [-0.4, -0.2) is 35.5 Å². The minimum absolute atomic E-state index is 0.00168. The normalized spacial score (nSPS) is 20.1. The lowest BCUT2D eigenvalue weighted by Gasteiger charge is -2.25. The summed E-state index contributed by atoms with van der Waals surface area (Å²) in [6.45, 7) is 1.91. The van der Waals surface area contributed by atoms with Crippen LogP contribution in [0, 0.1) is 11.7 Å². The third-order valence-electron chi connectivity index (χ3n) is 3.63. The first-order valence-electron chi connectivity index (χ1n) is 6.29. The molecule has 1 aliphatic rings. The van der Waals surface area contributed by atoms with Crippen molar-refractivity contribution in [3.05, 3.63) is 29.6 Å². The van der Waals surface area contributed by atoms with E-state index in [1.807, 2.05) is 0 Å². The summed E-state index contributed by atoms with van der Waals surface area (Å²) in [5, 5.41) is 8.96. The van der Waals surface area contributed by atoms with Crippen molar-refractivity contribution in [1.82, 2.24) is 4.90 Å². The number of carboxylic acid groups (broad SMARTS) is 1. The molecule has 0 bridgehead atoms. The van der Waals surface area contributed by atoms with Crippen molar-refractivity contribution >= 4 is 11.9 Å². The molecule has 1 amide bonds. The van der Waals surface area contributed by atoms with Gasteiger partial charge in [-0.1, -0.05) is 6.07 Å². The highest BCUT2D eigenvalue weighted by Gasteiger charge is 2.37. The van der Waals surface area contributed by atoms with Gasteiger partial charge in [0.1, 0.15) is 0 Å². The standard InChI is InChI=1S/C14H16FNO4/c1-8(9-3-4-12(20-2)11(15)5-9)16-7-10(14(18)19)6-13(16)17/h3-5,8,10H,6-7H2,1-2H3,(H,18,19)/t8-,10+/m0/s1. The zero-order valence-electron chi connectivity index (χ0n) is 11.3. The summed E-state index contributed by atoms with van der Waals surface area (Å²) < 4.78 is 18.5. The fourth-order valence-corrected chi connectivity index (χ4v) is 2.39. The molecule has 108 valence electrons. The molecule has 1 heterocycles. The Morgan fingerprint density at radius 2 is 2.25 bits per heavy atom. The van der Waals surface area contributed by atoms with E-state index in [1.54, 1.807) is 13.0 Å². The van der Waals surface area contributed by atoms with Crippen molar-refractivity contribution in [2.24, 2.45) is 5.92 Å². The van der Waals surface area contributed by atoms with Crippen LogP contribution in [0.1, 0.15) is 24.9 Å². The molecule has 1 fully saturated rings. The average Bonchev–Trinajstić information content (AvgIpc) is 2.80. The fraction of sp³-hybridized carbons (Fsp3) is 0.429. The van der Waals surface area contributed by atoms with Crippen LogP contribution in [-0.2, 0) is 9.59 Å². The molecule has 0 spiro atoms. The Morgan fingerprint density at radius 3 is 2.75 bits per heavy atom. The van der Waals surface area contributed by atoms with Crippen molar-refractivity contribution in [3.63, 3.8) is 0 Å². The topological polar surface area (TPSA) is 66.8 Å². The Balaban J connectivity index is 2.19. The second-order valence-corrected chi connectivity index (χ2v) is 4.86. The van der Waals surface area contributed by atoms with E-state index in [4.69, 9.17) is 9.84 Å². The van der Waals surface area contributed by atoms with E-state index in [0.29, 0.717) is 5.56 Å². The van der Waals surface area contributed by atoms with Gasteiger partial charge in [-0.15, -0.1) is 0 Å². The fourth-order valence-electron chi connectivity index (χ4n) is 2.39. The molecule has 2 atom stereocenters. The van der Waals surface area contributed by atoms with E-state index >= 15 is 0 Å². The van der Waals surface area contributed by atoms with Crippen LogP contribution in [0.5, 0.6) is 5.75 Å². The van der Waals surface area contributed by atoms with Gasteiger partial charge in [0, 0.05) is 13.0 Å². The molecule has 1 aromatic rings. The molecule has 0 unspecified atom stereocenters. The highest BCUT2D eigenvalue weighted by Crippen LogP contribution is 2.30. The first-order chi connectivity index (χ1) is 9.43. The lowest BCUT2D eigenvalue weighted by molar-refractivity contribution is -0.141. The van der Waals surface area contributed by atoms with Crippen LogP contribution >= 0.6 is 0 Å². The number of benzene rings is 1. The Morgan fingerprint density at radius 1 is 1.55 bits per heavy atom. The van der Waals surface area contributed by atoms with E-state index in [0.717, 1.165) is 0 Å². The van der Waals surface area contributed by atoms with E-state index < -0.39 is 17.7 Å². The molecule has 0 aliphatic carbocycles. The quantitative estimate of drug-likeness (QED) is 0.914. The highest BCUT2D eigenvalue weighted by molar-refractivity contribution is 5.86. The van der Waals surface area contributed by atoms with Gasteiger partial charge >= 0.3 is 5.97 Å². The zero-order chi connectivity index (χ0) is 14.9. The van der Waals surface area contributed by atoms with E-state index in [1.165, 1.54) is 24.1 Å². The maximum atomic E-state index is 13.7. The third kappa shape index (κ3) is 2.59. The molecule has 1 saturated heterocycles. The molecule has 1 aliphatic heterocycles. The van der Waals surface area contributed by atoms with Crippen LogP contribution in [0.4, 0.5) is 4.39 Å². The second-order valence-electron chi connectivity index (χ2n) is 4.86. The molecule has 2 rings (SSSR count). The van der Waals surface area contributed by atoms with Crippen molar-refractivity contribution in [2.75, 3.05) is 13.7 Å². The highest BCUT2D eigenvalue weighted by atomic mass is 19.1. The summed E-state index contributed by atoms with van der Waals surface area (Å²) in [4.78, 5) is 24.3. The molecule has 0 saturated carbocycles. The number of carbonyl (C=O) groups is 2. The van der Waals surface area contributed by atoms with Crippen molar-refractivity contribution in [1.29, 1.82) is 0 Å². The third-order valence-corrected chi connectivity index (χ3v) is 3.63. The zero-order valence-corrected chi connectivity index (χ0v) is 11.3. The number of carbonyl (C=O) groups excluding carboxylic acids is 1. The first kappa shape index (κ1) is 14.3. The number of methoxy groups -OCH3 is 1. The number of amides is 1. The minimum Gasteiger partial charge on any atom is -0.494 e. The van der Waals surface area contributed by atoms with Gasteiger partial charge in [0.05, 0.1) is 19.1 Å². The first-order valence-corrected chi connectivity index (χ1v) is 6.29. The Bertz CT molecular complexity index is 546. The summed E-state index contributed by atoms with van der Waals surface area (Å²) in [5.41, 5.74) is 0.614. The summed E-state index contributed by atoms with van der Waals surface area (Å²) in [5.74, 6) is -2.25. The number of halogens is 1. The number of aliphatic carboxylic acids is 1. The summed E-state index contributed by atoms with van der Waals surface area (Å²) in [6.07, 6.45) is -0.00168. The number of ether oxygens (including phenoxy) is 1. The van der Waals surface area contributed by atoms with Gasteiger partial charge in [0.25, 0.3) is 0 Å². The van der Waals surface area contributed by atoms with Crippen LogP contribution in [0.3, 0.4) is 0 Å². The molecule has 6 heteroatoms. The lowest BCUT2D eigenvalue weighted by Crippen LogP contribution is -2.29. The molecule has 1 N–H and O–H groups in total. The minimum atomic E-state index is -0.978. The SMILES string of the molecule is COc1ccc([C@H](C)N2C[C@H](C(=O)O)CC2=O)cc1F. The number of nitrogens with zero attached hydrogens (tertiary/aromatic N) is 1. The summed E-state index contributed by atoms with van der Waals surface area (Å²) >= 11 is 0. The van der Waals surface area contributed by atoms with Gasteiger partial charge in [-0.05, 0) is 24.6 Å². The van der Waals surface area contributed by atoms with Crippen molar-refractivity contribution in [3.8, 4) is 5.75 Å². The Labute approximate surface area is 116 Å². The number of hydrogen-bond acceptors (Lipinski definition) is 3. The molecule has 1 aromatic carbocycles. The molecule has 0 radical (unpaired) electrons. The second kappa shape index (κ2) is 5.48. The van der Waals surface area contributed by atoms with Crippen molar-refractivity contribution < 1.29 is 23.8 Å². The maximum absolute atomic E-state index is 13.7. The monoisotopic (exact) mass is 281 g/mol. The van der Waals surface area contributed by atoms with Gasteiger partial charge in [-0.3, -0.25) is 9.59 Å². The van der Waals surface area contributed by atoms with E-state index in [9.17, 15) is 14.0 Å². The predicted octanol–water partition coefficient (Wildman–Crippen LogP) is 1.83. The largest absolute Gasteiger partial charge is 0.494 e. The van der Waals surface area contributed by atoms with Crippen molar-refractivity contribution in [2.45, 2.75) is 19.4 Å². The lowest BCUT2D eigenvalue weighted by atomic mass is 10.1. The van der Waals surface area contributed by atoms with E-state index in [-0.39, 0.29) is 30.7 Å².